The lowest BCUT2D eigenvalue weighted by atomic mass is 9.54. The van der Waals surface area contributed by atoms with E-state index in [0.717, 1.165) is 99.7 Å². The van der Waals surface area contributed by atoms with Crippen LogP contribution in [0.15, 0.2) is 0 Å². The molecule has 188 valence electrons. The first-order valence-electron chi connectivity index (χ1n) is 14.4. The zero-order chi connectivity index (χ0) is 22.9. The molecule has 9 saturated carbocycles. The number of hydrogen-bond donors (Lipinski definition) is 2. The van der Waals surface area contributed by atoms with Crippen molar-refractivity contribution in [2.24, 2.45) is 47.3 Å². The van der Waals surface area contributed by atoms with E-state index in [4.69, 9.17) is 9.68 Å². The van der Waals surface area contributed by atoms with Gasteiger partial charge in [0.25, 0.3) is 0 Å². The van der Waals surface area contributed by atoms with E-state index in [1.54, 1.807) is 0 Å². The summed E-state index contributed by atoms with van der Waals surface area (Å²) in [6, 6.07) is 0. The SMILES string of the molecule is O=C(NOC12CC3CC(CC(C3)C1)C2)C1CCC(C(=O)NOC23CC4CC(CC(C4)C2)C3)CC1. The van der Waals surface area contributed by atoms with E-state index < -0.39 is 0 Å². The van der Waals surface area contributed by atoms with Gasteiger partial charge in [-0.05, 0) is 138 Å². The Kier molecular flexibility index (Phi) is 5.32. The first kappa shape index (κ1) is 22.1. The molecule has 8 bridgehead atoms. The average Bonchev–Trinajstić information content (AvgIpc) is 2.79. The molecule has 0 aromatic heterocycles. The van der Waals surface area contributed by atoms with E-state index in [-0.39, 0.29) is 34.9 Å². The zero-order valence-electron chi connectivity index (χ0n) is 20.6. The van der Waals surface area contributed by atoms with Gasteiger partial charge in [-0.15, -0.1) is 0 Å². The predicted octanol–water partition coefficient (Wildman–Crippen LogP) is 4.83. The van der Waals surface area contributed by atoms with E-state index in [9.17, 15) is 9.59 Å². The monoisotopic (exact) mass is 470 g/mol. The quantitative estimate of drug-likeness (QED) is 0.546. The molecule has 6 heteroatoms. The van der Waals surface area contributed by atoms with E-state index in [1.165, 1.54) is 38.5 Å². The molecule has 9 aliphatic carbocycles. The van der Waals surface area contributed by atoms with Crippen molar-refractivity contribution in [2.75, 3.05) is 0 Å². The number of nitrogens with one attached hydrogen (secondary N) is 2. The van der Waals surface area contributed by atoms with Crippen molar-refractivity contribution in [3.63, 3.8) is 0 Å². The molecule has 0 spiro atoms. The molecule has 9 fully saturated rings. The Balaban J connectivity index is 0.870. The summed E-state index contributed by atoms with van der Waals surface area (Å²) in [5.41, 5.74) is 5.58. The van der Waals surface area contributed by atoms with Gasteiger partial charge in [0, 0.05) is 11.8 Å². The standard InChI is InChI=1S/C28H42N2O4/c31-25(29-33-27-11-17-5-18(12-27)7-19(6-17)13-27)23-1-2-24(4-3-23)26(32)30-34-28-14-20-8-21(15-28)10-22(9-20)16-28/h17-24H,1-16H2,(H,29,31)(H,30,32). The van der Waals surface area contributed by atoms with Crippen LogP contribution in [0.5, 0.6) is 0 Å². The van der Waals surface area contributed by atoms with Crippen molar-refractivity contribution < 1.29 is 19.3 Å². The molecule has 0 aromatic rings. The van der Waals surface area contributed by atoms with Crippen molar-refractivity contribution >= 4 is 11.8 Å². The summed E-state index contributed by atoms with van der Waals surface area (Å²) in [7, 11) is 0. The van der Waals surface area contributed by atoms with Gasteiger partial charge in [-0.1, -0.05) is 0 Å². The van der Waals surface area contributed by atoms with Crippen LogP contribution in [-0.2, 0) is 19.3 Å². The molecule has 2 amide bonds. The molecule has 0 unspecified atom stereocenters. The van der Waals surface area contributed by atoms with Crippen LogP contribution in [0.25, 0.3) is 0 Å². The Hall–Kier alpha value is -1.14. The van der Waals surface area contributed by atoms with Crippen molar-refractivity contribution in [1.82, 2.24) is 11.0 Å². The van der Waals surface area contributed by atoms with Gasteiger partial charge in [0.15, 0.2) is 0 Å². The van der Waals surface area contributed by atoms with Crippen LogP contribution in [0, 0.1) is 47.3 Å². The summed E-state index contributed by atoms with van der Waals surface area (Å²) in [6.07, 6.45) is 18.0. The Morgan fingerprint density at radius 3 is 1.03 bits per heavy atom. The Bertz CT molecular complexity index is 694. The summed E-state index contributed by atoms with van der Waals surface area (Å²) in [6.45, 7) is 0. The third-order valence-electron chi connectivity index (χ3n) is 11.2. The fourth-order valence-corrected chi connectivity index (χ4v) is 10.4. The second kappa shape index (κ2) is 8.19. The van der Waals surface area contributed by atoms with Crippen LogP contribution < -0.4 is 11.0 Å². The van der Waals surface area contributed by atoms with Crippen molar-refractivity contribution in [2.45, 2.75) is 114 Å². The normalized spacial score (nSPS) is 50.4. The molecular weight excluding hydrogens is 428 g/mol. The predicted molar refractivity (Wildman–Crippen MR) is 126 cm³/mol. The lowest BCUT2D eigenvalue weighted by Crippen LogP contribution is -2.55. The summed E-state index contributed by atoms with van der Waals surface area (Å²) in [5.74, 6) is 4.80. The lowest BCUT2D eigenvalue weighted by Gasteiger charge is -2.55. The highest BCUT2D eigenvalue weighted by atomic mass is 16.7. The molecule has 0 atom stereocenters. The first-order chi connectivity index (χ1) is 16.4. The minimum absolute atomic E-state index is 0.0272. The Morgan fingerprint density at radius 2 is 0.765 bits per heavy atom. The highest BCUT2D eigenvalue weighted by Gasteiger charge is 2.54. The molecule has 0 radical (unpaired) electrons. The van der Waals surface area contributed by atoms with Gasteiger partial charge in [-0.25, -0.2) is 11.0 Å². The van der Waals surface area contributed by atoms with Crippen LogP contribution >= 0.6 is 0 Å². The zero-order valence-corrected chi connectivity index (χ0v) is 20.6. The van der Waals surface area contributed by atoms with E-state index in [0.29, 0.717) is 0 Å². The molecule has 2 N–H and O–H groups in total. The Morgan fingerprint density at radius 1 is 0.500 bits per heavy atom. The highest BCUT2D eigenvalue weighted by Crippen LogP contribution is 2.58. The molecular formula is C28H42N2O4. The molecule has 6 nitrogen and oxygen atoms in total. The van der Waals surface area contributed by atoms with Crippen LogP contribution in [0.4, 0.5) is 0 Å². The summed E-state index contributed by atoms with van der Waals surface area (Å²) in [4.78, 5) is 38.2. The van der Waals surface area contributed by atoms with Gasteiger partial charge in [-0.2, -0.15) is 0 Å². The van der Waals surface area contributed by atoms with Crippen LogP contribution in [-0.4, -0.2) is 23.0 Å². The third kappa shape index (κ3) is 4.01. The topological polar surface area (TPSA) is 76.7 Å². The number of hydroxylamine groups is 2. The third-order valence-corrected chi connectivity index (χ3v) is 11.2. The van der Waals surface area contributed by atoms with Crippen molar-refractivity contribution in [3.8, 4) is 0 Å². The first-order valence-corrected chi connectivity index (χ1v) is 14.4. The van der Waals surface area contributed by atoms with Gasteiger partial charge in [0.1, 0.15) is 0 Å². The van der Waals surface area contributed by atoms with E-state index in [2.05, 4.69) is 11.0 Å². The number of hydrogen-bond acceptors (Lipinski definition) is 4. The number of rotatable bonds is 6. The van der Waals surface area contributed by atoms with Gasteiger partial charge >= 0.3 is 0 Å². The summed E-state index contributed by atoms with van der Waals surface area (Å²) >= 11 is 0. The highest BCUT2D eigenvalue weighted by molar-refractivity contribution is 5.80. The van der Waals surface area contributed by atoms with Gasteiger partial charge in [0.2, 0.25) is 11.8 Å². The summed E-state index contributed by atoms with van der Waals surface area (Å²) < 4.78 is 0. The van der Waals surface area contributed by atoms with Crippen molar-refractivity contribution in [3.05, 3.63) is 0 Å². The average molecular weight is 471 g/mol. The fourth-order valence-electron chi connectivity index (χ4n) is 10.4. The fraction of sp³-hybridized carbons (Fsp3) is 0.929. The summed E-state index contributed by atoms with van der Waals surface area (Å²) in [5, 5.41) is 0. The largest absolute Gasteiger partial charge is 0.272 e. The van der Waals surface area contributed by atoms with E-state index >= 15 is 0 Å². The van der Waals surface area contributed by atoms with E-state index in [1.807, 2.05) is 0 Å². The van der Waals surface area contributed by atoms with Gasteiger partial charge in [-0.3, -0.25) is 19.3 Å². The van der Waals surface area contributed by atoms with Crippen molar-refractivity contribution in [1.29, 1.82) is 0 Å². The number of carbonyl (C=O) groups is 2. The number of carbonyl (C=O) groups excluding carboxylic acids is 2. The maximum absolute atomic E-state index is 12.9. The van der Waals surface area contributed by atoms with Gasteiger partial charge < -0.3 is 0 Å². The molecule has 34 heavy (non-hydrogen) atoms. The number of amides is 2. The molecule has 0 aliphatic heterocycles. The second-order valence-electron chi connectivity index (χ2n) is 13.9. The van der Waals surface area contributed by atoms with Crippen LogP contribution in [0.2, 0.25) is 0 Å². The molecule has 9 aliphatic rings. The molecule has 0 aromatic carbocycles. The molecule has 9 rings (SSSR count). The van der Waals surface area contributed by atoms with Crippen LogP contribution in [0.1, 0.15) is 103 Å². The lowest BCUT2D eigenvalue weighted by molar-refractivity contribution is -0.204. The van der Waals surface area contributed by atoms with Gasteiger partial charge in [0.05, 0.1) is 11.2 Å². The minimum atomic E-state index is -0.101. The maximum Gasteiger partial charge on any atom is 0.246 e. The maximum atomic E-state index is 12.9. The Labute approximate surface area is 203 Å². The second-order valence-corrected chi connectivity index (χ2v) is 13.9. The molecule has 0 heterocycles. The smallest absolute Gasteiger partial charge is 0.246 e. The minimum Gasteiger partial charge on any atom is -0.272 e. The molecule has 0 saturated heterocycles. The van der Waals surface area contributed by atoms with Crippen LogP contribution in [0.3, 0.4) is 0 Å².